The Labute approximate surface area is 133 Å². The van der Waals surface area contributed by atoms with Gasteiger partial charge in [-0.1, -0.05) is 20.8 Å². The van der Waals surface area contributed by atoms with E-state index in [0.29, 0.717) is 10.1 Å². The summed E-state index contributed by atoms with van der Waals surface area (Å²) >= 11 is 4.59. The number of fused-ring (bicyclic) bond motifs is 2. The molecule has 0 aliphatic heterocycles. The fourth-order valence-electron chi connectivity index (χ4n) is 4.07. The van der Waals surface area contributed by atoms with E-state index in [1.54, 1.807) is 12.1 Å². The van der Waals surface area contributed by atoms with Crippen molar-refractivity contribution in [3.8, 4) is 0 Å². The molecule has 6 heteroatoms. The third kappa shape index (κ3) is 2.02. The third-order valence-corrected chi connectivity index (χ3v) is 9.49. The maximum atomic E-state index is 12.5. The smallest absolute Gasteiger partial charge is 0.207 e. The summed E-state index contributed by atoms with van der Waals surface area (Å²) in [7, 11) is -3.40. The van der Waals surface area contributed by atoms with Crippen LogP contribution in [0.15, 0.2) is 20.1 Å². The first-order valence-corrected chi connectivity index (χ1v) is 10.0. The molecule has 0 saturated heterocycles. The second-order valence-corrected chi connectivity index (χ2v) is 11.2. The second-order valence-electron chi connectivity index (χ2n) is 6.84. The summed E-state index contributed by atoms with van der Waals surface area (Å²) in [4.78, 5) is 0. The summed E-state index contributed by atoms with van der Waals surface area (Å²) in [5, 5.41) is 0. The summed E-state index contributed by atoms with van der Waals surface area (Å²) in [6.07, 6.45) is 3.31. The van der Waals surface area contributed by atoms with Crippen molar-refractivity contribution in [3.05, 3.63) is 15.9 Å². The largest absolute Gasteiger partial charge is 0.250 e. The van der Waals surface area contributed by atoms with Crippen LogP contribution in [-0.2, 0) is 10.0 Å². The zero-order valence-electron chi connectivity index (χ0n) is 11.9. The van der Waals surface area contributed by atoms with Gasteiger partial charge in [-0.25, -0.2) is 13.1 Å². The van der Waals surface area contributed by atoms with Crippen molar-refractivity contribution in [3.63, 3.8) is 0 Å². The molecule has 1 aromatic rings. The number of nitrogens with one attached hydrogen (secondary N) is 1. The Kier molecular flexibility index (Phi) is 3.41. The Morgan fingerprint density at radius 1 is 1.35 bits per heavy atom. The topological polar surface area (TPSA) is 46.2 Å². The molecule has 0 spiro atoms. The molecule has 3 nitrogen and oxygen atoms in total. The number of hydrogen-bond acceptors (Lipinski definition) is 3. The molecule has 0 radical (unpaired) electrons. The first-order valence-electron chi connectivity index (χ1n) is 6.94. The molecule has 1 N–H and O–H groups in total. The van der Waals surface area contributed by atoms with Crippen LogP contribution in [0.4, 0.5) is 0 Å². The maximum absolute atomic E-state index is 12.5. The van der Waals surface area contributed by atoms with Gasteiger partial charge in [0.15, 0.2) is 0 Å². The van der Waals surface area contributed by atoms with Crippen molar-refractivity contribution in [2.45, 2.75) is 50.3 Å². The van der Waals surface area contributed by atoms with E-state index in [1.807, 2.05) is 0 Å². The van der Waals surface area contributed by atoms with Crippen molar-refractivity contribution < 1.29 is 8.42 Å². The molecule has 3 rings (SSSR count). The van der Waals surface area contributed by atoms with Crippen LogP contribution in [0.3, 0.4) is 0 Å². The standard InChI is InChI=1S/C14H20BrNO2S2/c1-13(2)9-6-7-14(13,3)10(8-9)16-20(17,18)12-5-4-11(15)19-12/h4-5,9-10,16H,6-8H2,1-3H3. The van der Waals surface area contributed by atoms with E-state index in [1.165, 1.54) is 17.8 Å². The predicted molar refractivity (Wildman–Crippen MR) is 85.4 cm³/mol. The molecule has 2 aliphatic rings. The van der Waals surface area contributed by atoms with Crippen molar-refractivity contribution in [1.29, 1.82) is 0 Å². The lowest BCUT2D eigenvalue weighted by Gasteiger charge is -2.39. The molecule has 3 unspecified atom stereocenters. The van der Waals surface area contributed by atoms with Gasteiger partial charge < -0.3 is 0 Å². The molecule has 112 valence electrons. The molecule has 1 aromatic heterocycles. The quantitative estimate of drug-likeness (QED) is 0.864. The lowest BCUT2D eigenvalue weighted by atomic mass is 9.69. The van der Waals surface area contributed by atoms with Crippen LogP contribution < -0.4 is 4.72 Å². The van der Waals surface area contributed by atoms with E-state index >= 15 is 0 Å². The summed E-state index contributed by atoms with van der Waals surface area (Å²) in [6, 6.07) is 3.51. The van der Waals surface area contributed by atoms with Crippen LogP contribution >= 0.6 is 27.3 Å². The van der Waals surface area contributed by atoms with Gasteiger partial charge >= 0.3 is 0 Å². The average Bonchev–Trinajstić information content (AvgIpc) is 2.91. The van der Waals surface area contributed by atoms with Crippen molar-refractivity contribution in [2.24, 2.45) is 16.7 Å². The summed E-state index contributed by atoms with van der Waals surface area (Å²) in [5.41, 5.74) is 0.287. The Bertz CT molecular complexity index is 637. The zero-order chi connectivity index (χ0) is 14.8. The van der Waals surface area contributed by atoms with E-state index in [2.05, 4.69) is 41.4 Å². The number of halogens is 1. The van der Waals surface area contributed by atoms with Gasteiger partial charge in [-0.3, -0.25) is 0 Å². The van der Waals surface area contributed by atoms with Gasteiger partial charge in [0, 0.05) is 6.04 Å². The highest BCUT2D eigenvalue weighted by atomic mass is 79.9. The van der Waals surface area contributed by atoms with Gasteiger partial charge in [-0.2, -0.15) is 0 Å². The SMILES string of the molecule is CC1(C)C2CCC1(C)C(NS(=O)(=O)c1ccc(Br)s1)C2. The van der Waals surface area contributed by atoms with E-state index in [9.17, 15) is 8.42 Å². The zero-order valence-corrected chi connectivity index (χ0v) is 15.2. The molecule has 2 aliphatic carbocycles. The molecule has 1 heterocycles. The van der Waals surface area contributed by atoms with E-state index in [0.717, 1.165) is 16.6 Å². The van der Waals surface area contributed by atoms with Crippen LogP contribution in [0.1, 0.15) is 40.0 Å². The Morgan fingerprint density at radius 3 is 2.50 bits per heavy atom. The molecule has 2 fully saturated rings. The van der Waals surface area contributed by atoms with Crippen LogP contribution in [0, 0.1) is 16.7 Å². The highest BCUT2D eigenvalue weighted by Gasteiger charge is 2.61. The van der Waals surface area contributed by atoms with Crippen molar-refractivity contribution in [2.75, 3.05) is 0 Å². The molecular weight excluding hydrogens is 358 g/mol. The lowest BCUT2D eigenvalue weighted by Crippen LogP contribution is -2.46. The van der Waals surface area contributed by atoms with Gasteiger partial charge in [0.25, 0.3) is 0 Å². The summed E-state index contributed by atoms with van der Waals surface area (Å²) < 4.78 is 29.2. The summed E-state index contributed by atoms with van der Waals surface area (Å²) in [5.74, 6) is 0.635. The molecule has 0 aromatic carbocycles. The minimum atomic E-state index is -3.40. The van der Waals surface area contributed by atoms with Crippen LogP contribution in [0.2, 0.25) is 0 Å². The van der Waals surface area contributed by atoms with Crippen LogP contribution in [0.5, 0.6) is 0 Å². The Morgan fingerprint density at radius 2 is 2.05 bits per heavy atom. The molecular formula is C14H20BrNO2S2. The minimum absolute atomic E-state index is 0.0575. The van der Waals surface area contributed by atoms with Crippen LogP contribution in [0.25, 0.3) is 0 Å². The molecule has 3 atom stereocenters. The monoisotopic (exact) mass is 377 g/mol. The number of hydrogen-bond donors (Lipinski definition) is 1. The van der Waals surface area contributed by atoms with Gasteiger partial charge in [-0.15, -0.1) is 11.3 Å². The predicted octanol–water partition coefficient (Wildman–Crippen LogP) is 4.00. The Balaban J connectivity index is 1.87. The van der Waals surface area contributed by atoms with E-state index < -0.39 is 10.0 Å². The number of thiophene rings is 1. The van der Waals surface area contributed by atoms with Gasteiger partial charge in [-0.05, 0) is 64.1 Å². The molecule has 20 heavy (non-hydrogen) atoms. The van der Waals surface area contributed by atoms with Gasteiger partial charge in [0.2, 0.25) is 10.0 Å². The molecule has 0 amide bonds. The number of sulfonamides is 1. The first-order chi connectivity index (χ1) is 9.17. The highest BCUT2D eigenvalue weighted by Crippen LogP contribution is 2.65. The fraction of sp³-hybridized carbons (Fsp3) is 0.714. The number of rotatable bonds is 3. The summed E-state index contributed by atoms with van der Waals surface area (Å²) in [6.45, 7) is 6.83. The minimum Gasteiger partial charge on any atom is -0.207 e. The molecule has 2 saturated carbocycles. The average molecular weight is 378 g/mol. The van der Waals surface area contributed by atoms with E-state index in [-0.39, 0.29) is 16.9 Å². The second kappa shape index (κ2) is 4.54. The van der Waals surface area contributed by atoms with E-state index in [4.69, 9.17) is 0 Å². The highest BCUT2D eigenvalue weighted by molar-refractivity contribution is 9.11. The molecule has 2 bridgehead atoms. The van der Waals surface area contributed by atoms with Gasteiger partial charge in [0.05, 0.1) is 3.79 Å². The first kappa shape index (κ1) is 15.0. The fourth-order valence-corrected chi connectivity index (χ4v) is 7.46. The Hall–Kier alpha value is 0.0900. The van der Waals surface area contributed by atoms with Crippen molar-refractivity contribution >= 4 is 37.3 Å². The lowest BCUT2D eigenvalue weighted by molar-refractivity contribution is 0.130. The normalized spacial score (nSPS) is 35.6. The van der Waals surface area contributed by atoms with Crippen molar-refractivity contribution in [1.82, 2.24) is 4.72 Å². The third-order valence-electron chi connectivity index (χ3n) is 5.90. The van der Waals surface area contributed by atoms with Gasteiger partial charge in [0.1, 0.15) is 4.21 Å². The maximum Gasteiger partial charge on any atom is 0.250 e. The van der Waals surface area contributed by atoms with Crippen LogP contribution in [-0.4, -0.2) is 14.5 Å².